The fraction of sp³-hybridized carbons (Fsp3) is 0.0769. The molecule has 0 saturated heterocycles. The molecule has 0 atom stereocenters. The van der Waals surface area contributed by atoms with Crippen molar-refractivity contribution >= 4 is 11.4 Å². The number of hydrogen-bond acceptors (Lipinski definition) is 3. The van der Waals surface area contributed by atoms with E-state index in [1.807, 2.05) is 36.4 Å². The summed E-state index contributed by atoms with van der Waals surface area (Å²) in [5.41, 5.74) is 15.6. The average molecular weight is 214 g/mol. The van der Waals surface area contributed by atoms with Crippen molar-refractivity contribution < 1.29 is 5.11 Å². The van der Waals surface area contributed by atoms with Crippen molar-refractivity contribution in [2.45, 2.75) is 6.61 Å². The highest BCUT2D eigenvalue weighted by molar-refractivity contribution is 5.72. The molecule has 0 aliphatic heterocycles. The summed E-state index contributed by atoms with van der Waals surface area (Å²) in [5, 5.41) is 9.26. The van der Waals surface area contributed by atoms with Crippen LogP contribution in [0.2, 0.25) is 0 Å². The molecule has 16 heavy (non-hydrogen) atoms. The summed E-state index contributed by atoms with van der Waals surface area (Å²) < 4.78 is 0. The van der Waals surface area contributed by atoms with Crippen LogP contribution < -0.4 is 11.5 Å². The Hall–Kier alpha value is -2.00. The van der Waals surface area contributed by atoms with Crippen LogP contribution in [0.15, 0.2) is 42.5 Å². The zero-order chi connectivity index (χ0) is 11.5. The van der Waals surface area contributed by atoms with E-state index in [-0.39, 0.29) is 6.61 Å². The van der Waals surface area contributed by atoms with E-state index < -0.39 is 0 Å². The fourth-order valence-electron chi connectivity index (χ4n) is 1.66. The Balaban J connectivity index is 2.53. The Kier molecular flexibility index (Phi) is 2.79. The van der Waals surface area contributed by atoms with Crippen molar-refractivity contribution in [1.29, 1.82) is 0 Å². The van der Waals surface area contributed by atoms with Crippen molar-refractivity contribution in [3.8, 4) is 11.1 Å². The maximum absolute atomic E-state index is 9.26. The average Bonchev–Trinajstić information content (AvgIpc) is 2.30. The van der Waals surface area contributed by atoms with E-state index in [4.69, 9.17) is 11.5 Å². The van der Waals surface area contributed by atoms with Crippen LogP contribution in [0.1, 0.15) is 5.56 Å². The molecule has 0 aromatic heterocycles. The zero-order valence-corrected chi connectivity index (χ0v) is 8.85. The first kappa shape index (κ1) is 10.5. The lowest BCUT2D eigenvalue weighted by Crippen LogP contribution is -1.93. The Morgan fingerprint density at radius 2 is 1.50 bits per heavy atom. The molecule has 2 aromatic rings. The van der Waals surface area contributed by atoms with Crippen LogP contribution in [0, 0.1) is 0 Å². The molecular weight excluding hydrogens is 200 g/mol. The number of aliphatic hydroxyl groups is 1. The lowest BCUT2D eigenvalue weighted by molar-refractivity contribution is 0.282. The number of hydrogen-bond donors (Lipinski definition) is 3. The smallest absolute Gasteiger partial charge is 0.0687 e. The SMILES string of the molecule is Nc1ccc(-c2cc(N)ccc2CO)cc1. The van der Waals surface area contributed by atoms with Gasteiger partial charge >= 0.3 is 0 Å². The molecule has 0 bridgehead atoms. The third kappa shape index (κ3) is 1.99. The van der Waals surface area contributed by atoms with Gasteiger partial charge in [-0.15, -0.1) is 0 Å². The van der Waals surface area contributed by atoms with Gasteiger partial charge in [0.15, 0.2) is 0 Å². The Morgan fingerprint density at radius 1 is 0.875 bits per heavy atom. The quantitative estimate of drug-likeness (QED) is 0.669. The summed E-state index contributed by atoms with van der Waals surface area (Å²) in [6, 6.07) is 13.0. The lowest BCUT2D eigenvalue weighted by Gasteiger charge is -2.09. The molecule has 0 unspecified atom stereocenters. The van der Waals surface area contributed by atoms with Gasteiger partial charge in [-0.3, -0.25) is 0 Å². The van der Waals surface area contributed by atoms with Crippen LogP contribution in [0.4, 0.5) is 11.4 Å². The molecule has 2 rings (SSSR count). The van der Waals surface area contributed by atoms with Gasteiger partial charge in [0, 0.05) is 11.4 Å². The second kappa shape index (κ2) is 4.24. The standard InChI is InChI=1S/C13H14N2O/c14-11-4-1-9(2-5-11)13-7-12(15)6-3-10(13)8-16/h1-7,16H,8,14-15H2. The summed E-state index contributed by atoms with van der Waals surface area (Å²) in [5.74, 6) is 0. The van der Waals surface area contributed by atoms with Gasteiger partial charge in [-0.25, -0.2) is 0 Å². The fourth-order valence-corrected chi connectivity index (χ4v) is 1.66. The molecule has 5 N–H and O–H groups in total. The predicted octanol–water partition coefficient (Wildman–Crippen LogP) is 2.01. The normalized spacial score (nSPS) is 10.3. The van der Waals surface area contributed by atoms with Gasteiger partial charge in [-0.1, -0.05) is 18.2 Å². The topological polar surface area (TPSA) is 72.3 Å². The van der Waals surface area contributed by atoms with Gasteiger partial charge < -0.3 is 16.6 Å². The molecule has 3 heteroatoms. The van der Waals surface area contributed by atoms with E-state index in [1.54, 1.807) is 6.07 Å². The van der Waals surface area contributed by atoms with Gasteiger partial charge in [0.1, 0.15) is 0 Å². The number of nitrogens with two attached hydrogens (primary N) is 2. The molecule has 0 aliphatic carbocycles. The Bertz CT molecular complexity index is 492. The molecule has 0 aliphatic rings. The first-order valence-electron chi connectivity index (χ1n) is 5.06. The molecule has 3 nitrogen and oxygen atoms in total. The van der Waals surface area contributed by atoms with Crippen molar-refractivity contribution in [3.05, 3.63) is 48.0 Å². The summed E-state index contributed by atoms with van der Waals surface area (Å²) in [4.78, 5) is 0. The van der Waals surface area contributed by atoms with E-state index >= 15 is 0 Å². The first-order chi connectivity index (χ1) is 7.70. The van der Waals surface area contributed by atoms with Crippen molar-refractivity contribution in [1.82, 2.24) is 0 Å². The Labute approximate surface area is 94.3 Å². The second-order valence-corrected chi connectivity index (χ2v) is 3.70. The molecule has 0 spiro atoms. The van der Waals surface area contributed by atoms with Crippen LogP contribution in [-0.4, -0.2) is 5.11 Å². The van der Waals surface area contributed by atoms with Crippen LogP contribution in [0.5, 0.6) is 0 Å². The van der Waals surface area contributed by atoms with Crippen LogP contribution in [0.25, 0.3) is 11.1 Å². The number of benzene rings is 2. The number of rotatable bonds is 2. The summed E-state index contributed by atoms with van der Waals surface area (Å²) >= 11 is 0. The van der Waals surface area contributed by atoms with Crippen molar-refractivity contribution in [2.24, 2.45) is 0 Å². The summed E-state index contributed by atoms with van der Waals surface area (Å²) in [6.07, 6.45) is 0. The van der Waals surface area contributed by atoms with Crippen molar-refractivity contribution in [2.75, 3.05) is 11.5 Å². The summed E-state index contributed by atoms with van der Waals surface area (Å²) in [6.45, 7) is -0.0000102. The zero-order valence-electron chi connectivity index (χ0n) is 8.85. The van der Waals surface area contributed by atoms with Gasteiger partial charge in [0.05, 0.1) is 6.61 Å². The van der Waals surface area contributed by atoms with E-state index in [2.05, 4.69) is 0 Å². The molecular formula is C13H14N2O. The van der Waals surface area contributed by atoms with E-state index in [1.165, 1.54) is 0 Å². The van der Waals surface area contributed by atoms with Gasteiger partial charge in [-0.05, 0) is 41.0 Å². The van der Waals surface area contributed by atoms with Gasteiger partial charge in [-0.2, -0.15) is 0 Å². The third-order valence-corrected chi connectivity index (χ3v) is 2.53. The molecule has 82 valence electrons. The maximum Gasteiger partial charge on any atom is 0.0687 e. The molecule has 2 aromatic carbocycles. The number of nitrogen functional groups attached to an aromatic ring is 2. The van der Waals surface area contributed by atoms with E-state index in [0.717, 1.165) is 22.4 Å². The maximum atomic E-state index is 9.26. The second-order valence-electron chi connectivity index (χ2n) is 3.70. The minimum atomic E-state index is -0.0000102. The largest absolute Gasteiger partial charge is 0.399 e. The van der Waals surface area contributed by atoms with Crippen LogP contribution >= 0.6 is 0 Å². The van der Waals surface area contributed by atoms with Crippen LogP contribution in [0.3, 0.4) is 0 Å². The van der Waals surface area contributed by atoms with Crippen LogP contribution in [-0.2, 0) is 6.61 Å². The lowest BCUT2D eigenvalue weighted by atomic mass is 9.99. The summed E-state index contributed by atoms with van der Waals surface area (Å²) in [7, 11) is 0. The van der Waals surface area contributed by atoms with Crippen molar-refractivity contribution in [3.63, 3.8) is 0 Å². The number of aliphatic hydroxyl groups excluding tert-OH is 1. The first-order valence-corrected chi connectivity index (χ1v) is 5.06. The molecule has 0 radical (unpaired) electrons. The van der Waals surface area contributed by atoms with Gasteiger partial charge in [0.25, 0.3) is 0 Å². The molecule has 0 fully saturated rings. The molecule has 0 heterocycles. The third-order valence-electron chi connectivity index (χ3n) is 2.53. The predicted molar refractivity (Wildman–Crippen MR) is 66.6 cm³/mol. The monoisotopic (exact) mass is 214 g/mol. The van der Waals surface area contributed by atoms with E-state index in [9.17, 15) is 5.11 Å². The highest BCUT2D eigenvalue weighted by atomic mass is 16.3. The minimum Gasteiger partial charge on any atom is -0.399 e. The number of anilines is 2. The highest BCUT2D eigenvalue weighted by Crippen LogP contribution is 2.26. The molecule has 0 amide bonds. The molecule has 0 saturated carbocycles. The van der Waals surface area contributed by atoms with Gasteiger partial charge in [0.2, 0.25) is 0 Å². The highest BCUT2D eigenvalue weighted by Gasteiger charge is 2.04. The minimum absolute atomic E-state index is 0.0000102. The van der Waals surface area contributed by atoms with E-state index in [0.29, 0.717) is 5.69 Å². The Morgan fingerprint density at radius 3 is 2.12 bits per heavy atom.